The van der Waals surface area contributed by atoms with Crippen molar-refractivity contribution in [3.05, 3.63) is 70.1 Å². The lowest BCUT2D eigenvalue weighted by Crippen LogP contribution is -2.39. The Morgan fingerprint density at radius 3 is 2.45 bits per heavy atom. The van der Waals surface area contributed by atoms with E-state index in [1.165, 1.54) is 29.2 Å². The maximum Gasteiger partial charge on any atom is 0.416 e. The van der Waals surface area contributed by atoms with Crippen LogP contribution in [0.3, 0.4) is 0 Å². The van der Waals surface area contributed by atoms with Crippen LogP contribution in [0.25, 0.3) is 6.08 Å². The predicted molar refractivity (Wildman–Crippen MR) is 125 cm³/mol. The second-order valence-corrected chi connectivity index (χ2v) is 11.2. The van der Waals surface area contributed by atoms with Crippen LogP contribution in [-0.4, -0.2) is 29.6 Å². The van der Waals surface area contributed by atoms with Crippen molar-refractivity contribution < 1.29 is 26.4 Å². The van der Waals surface area contributed by atoms with Crippen molar-refractivity contribution in [2.45, 2.75) is 42.9 Å². The van der Waals surface area contributed by atoms with E-state index in [0.29, 0.717) is 16.0 Å². The highest BCUT2D eigenvalue weighted by Crippen LogP contribution is 2.35. The molecule has 2 fully saturated rings. The number of rotatable bonds is 6. The molecule has 1 aliphatic carbocycles. The average Bonchev–Trinajstić information content (AvgIpc) is 2.98. The molecule has 11 heteroatoms. The zero-order valence-electron chi connectivity index (χ0n) is 17.1. The number of hydrogen-bond acceptors (Lipinski definition) is 5. The molecule has 1 N–H and O–H groups in total. The number of alkyl halides is 3. The summed E-state index contributed by atoms with van der Waals surface area (Å²) < 4.78 is 66.6. The highest BCUT2D eigenvalue weighted by molar-refractivity contribution is 8.26. The molecule has 1 heterocycles. The third-order valence-electron chi connectivity index (χ3n) is 5.38. The maximum absolute atomic E-state index is 13.0. The molecule has 33 heavy (non-hydrogen) atoms. The van der Waals surface area contributed by atoms with Gasteiger partial charge in [0.2, 0.25) is 10.0 Å². The largest absolute Gasteiger partial charge is 0.416 e. The normalized spacial score (nSPS) is 18.8. The number of benzene rings is 2. The molecule has 5 nitrogen and oxygen atoms in total. The Balaban J connectivity index is 1.47. The summed E-state index contributed by atoms with van der Waals surface area (Å²) in [6.45, 7) is -0.0735. The zero-order chi connectivity index (χ0) is 23.8. The molecule has 0 atom stereocenters. The standard InChI is InChI=1S/C22H19F3N2O3S3/c23-22(24,25)16-4-1-3-15(11-16)13-27-20(28)19(32-21(27)31)12-14-7-9-18(10-8-14)33(29,30)26-17-5-2-6-17/h1,3-4,7-12,17,26H,2,5-6,13H2/b19-12-. The molecule has 2 aromatic carbocycles. The summed E-state index contributed by atoms with van der Waals surface area (Å²) in [5.74, 6) is -0.411. The SMILES string of the molecule is O=C1/C(=C/c2ccc(S(=O)(=O)NC3CCC3)cc2)SC(=S)N1Cc1cccc(C(F)(F)F)c1. The van der Waals surface area contributed by atoms with Crippen LogP contribution >= 0.6 is 24.0 Å². The Kier molecular flexibility index (Phi) is 6.68. The van der Waals surface area contributed by atoms with Crippen LogP contribution in [0.15, 0.2) is 58.3 Å². The summed E-state index contributed by atoms with van der Waals surface area (Å²) in [6, 6.07) is 10.9. The minimum Gasteiger partial charge on any atom is -0.288 e. The monoisotopic (exact) mass is 512 g/mol. The van der Waals surface area contributed by atoms with Crippen molar-refractivity contribution >= 4 is 50.3 Å². The van der Waals surface area contributed by atoms with Crippen LogP contribution in [0, 0.1) is 0 Å². The molecule has 4 rings (SSSR count). The highest BCUT2D eigenvalue weighted by atomic mass is 32.2. The van der Waals surface area contributed by atoms with Crippen molar-refractivity contribution in [3.63, 3.8) is 0 Å². The quantitative estimate of drug-likeness (QED) is 0.439. The van der Waals surface area contributed by atoms with E-state index in [-0.39, 0.29) is 21.8 Å². The molecule has 1 saturated heterocycles. The van der Waals surface area contributed by atoms with Crippen molar-refractivity contribution in [1.82, 2.24) is 9.62 Å². The van der Waals surface area contributed by atoms with Crippen molar-refractivity contribution in [3.8, 4) is 0 Å². The van der Waals surface area contributed by atoms with Crippen molar-refractivity contribution in [2.24, 2.45) is 0 Å². The van der Waals surface area contributed by atoms with E-state index in [4.69, 9.17) is 12.2 Å². The topological polar surface area (TPSA) is 66.5 Å². The number of thiocarbonyl (C=S) groups is 1. The molecule has 0 spiro atoms. The predicted octanol–water partition coefficient (Wildman–Crippen LogP) is 4.94. The summed E-state index contributed by atoms with van der Waals surface area (Å²) in [7, 11) is -3.59. The fourth-order valence-electron chi connectivity index (χ4n) is 3.37. The smallest absolute Gasteiger partial charge is 0.288 e. The van der Waals surface area contributed by atoms with E-state index in [2.05, 4.69) is 4.72 Å². The number of thioether (sulfide) groups is 1. The first-order chi connectivity index (χ1) is 15.5. The molecular formula is C22H19F3N2O3S3. The summed E-state index contributed by atoms with van der Waals surface area (Å²) in [5, 5.41) is 0. The lowest BCUT2D eigenvalue weighted by molar-refractivity contribution is -0.137. The molecule has 1 amide bonds. The van der Waals surface area contributed by atoms with E-state index < -0.39 is 27.7 Å². The number of hydrogen-bond donors (Lipinski definition) is 1. The molecular weight excluding hydrogens is 493 g/mol. The fraction of sp³-hybridized carbons (Fsp3) is 0.273. The second-order valence-electron chi connectivity index (χ2n) is 7.78. The lowest BCUT2D eigenvalue weighted by atomic mass is 9.94. The van der Waals surface area contributed by atoms with Gasteiger partial charge < -0.3 is 0 Å². The number of carbonyl (C=O) groups excluding carboxylic acids is 1. The zero-order valence-corrected chi connectivity index (χ0v) is 19.6. The first-order valence-electron chi connectivity index (χ1n) is 10.1. The summed E-state index contributed by atoms with van der Waals surface area (Å²) in [4.78, 5) is 14.5. The fourth-order valence-corrected chi connectivity index (χ4v) is 5.93. The number of nitrogens with zero attached hydrogens (tertiary/aromatic N) is 1. The number of carbonyl (C=O) groups is 1. The van der Waals surface area contributed by atoms with Crippen LogP contribution in [-0.2, 0) is 27.5 Å². The van der Waals surface area contributed by atoms with Gasteiger partial charge in [0, 0.05) is 6.04 Å². The lowest BCUT2D eigenvalue weighted by Gasteiger charge is -2.26. The average molecular weight is 513 g/mol. The highest BCUT2D eigenvalue weighted by Gasteiger charge is 2.34. The van der Waals surface area contributed by atoms with Crippen LogP contribution in [0.1, 0.15) is 36.0 Å². The van der Waals surface area contributed by atoms with E-state index >= 15 is 0 Å². The minimum atomic E-state index is -4.47. The van der Waals surface area contributed by atoms with Gasteiger partial charge in [0.1, 0.15) is 4.32 Å². The third-order valence-corrected chi connectivity index (χ3v) is 8.30. The van der Waals surface area contributed by atoms with Gasteiger partial charge in [-0.15, -0.1) is 0 Å². The van der Waals surface area contributed by atoms with E-state index in [0.717, 1.165) is 43.2 Å². The van der Waals surface area contributed by atoms with Gasteiger partial charge in [0.15, 0.2) is 0 Å². The Hall–Kier alpha value is -2.21. The number of halogens is 3. The van der Waals surface area contributed by atoms with E-state index in [1.807, 2.05) is 0 Å². The molecule has 1 aliphatic heterocycles. The molecule has 0 unspecified atom stereocenters. The van der Waals surface area contributed by atoms with Crippen molar-refractivity contribution in [2.75, 3.05) is 0 Å². The molecule has 0 aromatic heterocycles. The van der Waals surface area contributed by atoms with Gasteiger partial charge in [0.05, 0.1) is 21.9 Å². The number of sulfonamides is 1. The number of nitrogens with one attached hydrogen (secondary N) is 1. The van der Waals surface area contributed by atoms with Gasteiger partial charge in [-0.25, -0.2) is 13.1 Å². The van der Waals surface area contributed by atoms with E-state index in [9.17, 15) is 26.4 Å². The van der Waals surface area contributed by atoms with Crippen molar-refractivity contribution in [1.29, 1.82) is 0 Å². The van der Waals surface area contributed by atoms with Gasteiger partial charge >= 0.3 is 6.18 Å². The second kappa shape index (κ2) is 9.21. The van der Waals surface area contributed by atoms with Gasteiger partial charge in [-0.1, -0.05) is 54.7 Å². The minimum absolute atomic E-state index is 0.0203. The first-order valence-corrected chi connectivity index (χ1v) is 12.8. The third kappa shape index (κ3) is 5.48. The van der Waals surface area contributed by atoms with Crippen LogP contribution in [0.4, 0.5) is 13.2 Å². The van der Waals surface area contributed by atoms with Gasteiger partial charge in [-0.05, 0) is 54.3 Å². The first kappa shape index (κ1) is 23.9. The Morgan fingerprint density at radius 2 is 1.85 bits per heavy atom. The Morgan fingerprint density at radius 1 is 1.15 bits per heavy atom. The molecule has 174 valence electrons. The maximum atomic E-state index is 13.0. The Labute approximate surface area is 199 Å². The Bertz CT molecular complexity index is 1220. The number of amides is 1. The van der Waals surface area contributed by atoms with Crippen LogP contribution in [0.5, 0.6) is 0 Å². The summed E-state index contributed by atoms with van der Waals surface area (Å²) in [5.41, 5.74) is 0.135. The van der Waals surface area contributed by atoms with Crippen LogP contribution in [0.2, 0.25) is 0 Å². The summed E-state index contributed by atoms with van der Waals surface area (Å²) >= 11 is 6.31. The van der Waals surface area contributed by atoms with Gasteiger partial charge in [-0.3, -0.25) is 9.69 Å². The van der Waals surface area contributed by atoms with E-state index in [1.54, 1.807) is 18.2 Å². The molecule has 2 aromatic rings. The van der Waals surface area contributed by atoms with Gasteiger partial charge in [0.25, 0.3) is 5.91 Å². The van der Waals surface area contributed by atoms with Crippen LogP contribution < -0.4 is 4.72 Å². The summed E-state index contributed by atoms with van der Waals surface area (Å²) in [6.07, 6.45) is -0.211. The van der Waals surface area contributed by atoms with Gasteiger partial charge in [-0.2, -0.15) is 13.2 Å². The molecule has 0 bridgehead atoms. The molecule has 0 radical (unpaired) electrons. The molecule has 2 aliphatic rings. The molecule has 1 saturated carbocycles.